The average molecular weight is 530 g/mol. The van der Waals surface area contributed by atoms with Crippen LogP contribution >= 0.6 is 0 Å². The van der Waals surface area contributed by atoms with Gasteiger partial charge >= 0.3 is 5.97 Å². The van der Waals surface area contributed by atoms with Gasteiger partial charge in [0.25, 0.3) is 0 Å². The maximum atomic E-state index is 13.7. The maximum Gasteiger partial charge on any atom is 0.328 e. The van der Waals surface area contributed by atoms with E-state index in [1.54, 1.807) is 24.1 Å². The third-order valence-corrected chi connectivity index (χ3v) is 6.70. The van der Waals surface area contributed by atoms with Gasteiger partial charge in [-0.2, -0.15) is 0 Å². The summed E-state index contributed by atoms with van der Waals surface area (Å²) in [6.07, 6.45) is 9.02. The van der Waals surface area contributed by atoms with Gasteiger partial charge in [-0.05, 0) is 61.7 Å². The van der Waals surface area contributed by atoms with E-state index < -0.39 is 5.97 Å². The van der Waals surface area contributed by atoms with Crippen molar-refractivity contribution in [2.75, 3.05) is 23.9 Å². The number of carbonyl (C=O) groups excluding carboxylic acids is 1. The molecule has 0 unspecified atom stereocenters. The molecule has 1 saturated carbocycles. The highest BCUT2D eigenvalue weighted by Gasteiger charge is 2.28. The van der Waals surface area contributed by atoms with Crippen molar-refractivity contribution >= 4 is 29.5 Å². The van der Waals surface area contributed by atoms with Gasteiger partial charge in [0, 0.05) is 49.7 Å². The largest absolute Gasteiger partial charge is 0.487 e. The molecule has 9 heteroatoms. The third-order valence-electron chi connectivity index (χ3n) is 6.70. The molecule has 1 aliphatic rings. The van der Waals surface area contributed by atoms with Crippen molar-refractivity contribution in [2.24, 2.45) is 5.92 Å². The van der Waals surface area contributed by atoms with Gasteiger partial charge in [0.05, 0.1) is 12.2 Å². The highest BCUT2D eigenvalue weighted by atomic mass is 16.5. The Balaban J connectivity index is 1.51. The summed E-state index contributed by atoms with van der Waals surface area (Å²) in [6, 6.07) is 13.5. The Bertz CT molecular complexity index is 1300. The van der Waals surface area contributed by atoms with E-state index in [0.29, 0.717) is 24.7 Å². The summed E-state index contributed by atoms with van der Waals surface area (Å²) < 4.78 is 5.89. The molecule has 0 bridgehead atoms. The molecular weight excluding hydrogens is 494 g/mol. The third kappa shape index (κ3) is 7.86. The molecular formula is C30H35N5O4. The first-order valence-corrected chi connectivity index (χ1v) is 13.2. The lowest BCUT2D eigenvalue weighted by molar-refractivity contribution is -0.131. The molecule has 0 spiro atoms. The number of pyridine rings is 1. The van der Waals surface area contributed by atoms with E-state index in [4.69, 9.17) is 9.84 Å². The number of nitrogens with zero attached hydrogens (tertiary/aromatic N) is 5. The van der Waals surface area contributed by atoms with E-state index in [1.807, 2.05) is 55.4 Å². The molecule has 0 saturated heterocycles. The van der Waals surface area contributed by atoms with Gasteiger partial charge in [-0.1, -0.05) is 25.3 Å². The second kappa shape index (κ2) is 13.0. The van der Waals surface area contributed by atoms with Crippen molar-refractivity contribution < 1.29 is 19.4 Å². The Morgan fingerprint density at radius 2 is 1.79 bits per heavy atom. The van der Waals surface area contributed by atoms with Crippen molar-refractivity contribution in [3.63, 3.8) is 0 Å². The van der Waals surface area contributed by atoms with Gasteiger partial charge in [-0.25, -0.2) is 14.8 Å². The number of carboxylic acid groups (broad SMARTS) is 1. The summed E-state index contributed by atoms with van der Waals surface area (Å²) in [5.74, 6) is 0.344. The zero-order valence-corrected chi connectivity index (χ0v) is 22.7. The normalized spacial score (nSPS) is 13.8. The minimum atomic E-state index is -1.09. The summed E-state index contributed by atoms with van der Waals surface area (Å²) in [5.41, 5.74) is 3.38. The molecule has 0 aliphatic heterocycles. The number of hydrogen-bond acceptors (Lipinski definition) is 7. The molecule has 4 rings (SSSR count). The van der Waals surface area contributed by atoms with E-state index in [-0.39, 0.29) is 17.6 Å². The Hall–Kier alpha value is -4.27. The van der Waals surface area contributed by atoms with Crippen LogP contribution in [0.25, 0.3) is 6.08 Å². The van der Waals surface area contributed by atoms with E-state index in [9.17, 15) is 9.59 Å². The zero-order valence-electron chi connectivity index (χ0n) is 22.7. The fraction of sp³-hybridized carbons (Fsp3) is 0.367. The molecule has 3 aromatic rings. The van der Waals surface area contributed by atoms with Crippen LogP contribution in [0, 0.1) is 12.8 Å². The first-order chi connectivity index (χ1) is 18.8. The van der Waals surface area contributed by atoms with Crippen LogP contribution in [0.15, 0.2) is 54.7 Å². The Labute approximate surface area is 229 Å². The molecule has 1 fully saturated rings. The first-order valence-electron chi connectivity index (χ1n) is 13.2. The summed E-state index contributed by atoms with van der Waals surface area (Å²) in [4.78, 5) is 41.8. The number of aryl methyl sites for hydroxylation is 1. The summed E-state index contributed by atoms with van der Waals surface area (Å²) in [7, 11) is 3.99. The van der Waals surface area contributed by atoms with Crippen molar-refractivity contribution in [3.8, 4) is 5.75 Å². The molecule has 1 N–H and O–H groups in total. The second-order valence-electron chi connectivity index (χ2n) is 9.99. The summed E-state index contributed by atoms with van der Waals surface area (Å²) >= 11 is 0. The predicted octanol–water partition coefficient (Wildman–Crippen LogP) is 5.04. The summed E-state index contributed by atoms with van der Waals surface area (Å²) in [6.45, 7) is 2.43. The number of amides is 1. The van der Waals surface area contributed by atoms with E-state index in [1.165, 1.54) is 6.08 Å². The maximum absolute atomic E-state index is 13.7. The highest BCUT2D eigenvalue weighted by molar-refractivity contribution is 5.94. The number of rotatable bonds is 10. The van der Waals surface area contributed by atoms with Gasteiger partial charge in [0.15, 0.2) is 5.82 Å². The second-order valence-corrected chi connectivity index (χ2v) is 9.99. The number of ether oxygens (including phenoxy) is 1. The van der Waals surface area contributed by atoms with Crippen LogP contribution in [-0.2, 0) is 22.7 Å². The molecule has 39 heavy (non-hydrogen) atoms. The van der Waals surface area contributed by atoms with Crippen molar-refractivity contribution in [3.05, 3.63) is 77.5 Å². The molecule has 2 heterocycles. The van der Waals surface area contributed by atoms with Crippen LogP contribution in [0.1, 0.15) is 54.9 Å². The molecule has 2 aromatic heterocycles. The van der Waals surface area contributed by atoms with Crippen molar-refractivity contribution in [1.29, 1.82) is 0 Å². The van der Waals surface area contributed by atoms with Crippen LogP contribution in [0.5, 0.6) is 5.75 Å². The zero-order chi connectivity index (χ0) is 27.8. The fourth-order valence-corrected chi connectivity index (χ4v) is 4.59. The minimum Gasteiger partial charge on any atom is -0.487 e. The van der Waals surface area contributed by atoms with Crippen LogP contribution < -0.4 is 14.5 Å². The minimum absolute atomic E-state index is 0.0227. The monoisotopic (exact) mass is 529 g/mol. The van der Waals surface area contributed by atoms with Gasteiger partial charge in [0.1, 0.15) is 18.2 Å². The highest BCUT2D eigenvalue weighted by Crippen LogP contribution is 2.28. The predicted molar refractivity (Wildman–Crippen MR) is 151 cm³/mol. The molecule has 0 atom stereocenters. The first kappa shape index (κ1) is 27.8. The quantitative estimate of drug-likeness (QED) is 0.364. The SMILES string of the molecule is Cc1cc(N(Cc2ccc(COc3ccc(N(C)C)cc3)nc2)C(=O)C2CCCCC2)nc(C=CC(=O)O)n1. The Morgan fingerprint density at radius 1 is 1.05 bits per heavy atom. The topological polar surface area (TPSA) is 109 Å². The van der Waals surface area contributed by atoms with Gasteiger partial charge < -0.3 is 14.7 Å². The van der Waals surface area contributed by atoms with E-state index >= 15 is 0 Å². The number of carbonyl (C=O) groups is 2. The van der Waals surface area contributed by atoms with Gasteiger partial charge in [-0.15, -0.1) is 0 Å². The molecule has 1 aliphatic carbocycles. The standard InChI is InChI=1S/C30H35N5O4/c1-21-17-28(33-27(32-21)15-16-29(36)37)35(30(38)23-7-5-4-6-8-23)19-22-9-10-24(31-18-22)20-39-26-13-11-25(12-14-26)34(2)3/h9-18,23H,4-8,19-20H2,1-3H3,(H,36,37). The fourth-order valence-electron chi connectivity index (χ4n) is 4.59. The van der Waals surface area contributed by atoms with Crippen LogP contribution in [0.3, 0.4) is 0 Å². The van der Waals surface area contributed by atoms with E-state index in [0.717, 1.165) is 60.9 Å². The Kier molecular flexibility index (Phi) is 9.25. The molecule has 9 nitrogen and oxygen atoms in total. The van der Waals surface area contributed by atoms with Crippen molar-refractivity contribution in [1.82, 2.24) is 15.0 Å². The molecule has 1 aromatic carbocycles. The Morgan fingerprint density at radius 3 is 2.44 bits per heavy atom. The summed E-state index contributed by atoms with van der Waals surface area (Å²) in [5, 5.41) is 9.01. The van der Waals surface area contributed by atoms with Crippen LogP contribution in [0.4, 0.5) is 11.5 Å². The average Bonchev–Trinajstić information content (AvgIpc) is 2.94. The molecule has 204 valence electrons. The number of hydrogen-bond donors (Lipinski definition) is 1. The van der Waals surface area contributed by atoms with Gasteiger partial charge in [-0.3, -0.25) is 14.7 Å². The number of carboxylic acids is 1. The lowest BCUT2D eigenvalue weighted by Gasteiger charge is -2.29. The van der Waals surface area contributed by atoms with Crippen molar-refractivity contribution in [2.45, 2.75) is 52.2 Å². The molecule has 0 radical (unpaired) electrons. The van der Waals surface area contributed by atoms with Gasteiger partial charge in [0.2, 0.25) is 5.91 Å². The smallest absolute Gasteiger partial charge is 0.328 e. The number of aromatic nitrogens is 3. The van der Waals surface area contributed by atoms with E-state index in [2.05, 4.69) is 15.0 Å². The lowest BCUT2D eigenvalue weighted by Crippen LogP contribution is -2.37. The molecule has 1 amide bonds. The number of benzene rings is 1. The number of aliphatic carboxylic acids is 1. The number of anilines is 2. The van der Waals surface area contributed by atoms with Crippen LogP contribution in [-0.4, -0.2) is 46.0 Å². The lowest BCUT2D eigenvalue weighted by atomic mass is 9.88. The van der Waals surface area contributed by atoms with Crippen LogP contribution in [0.2, 0.25) is 0 Å².